The number of hydrogen-bond acceptors (Lipinski definition) is 6. The van der Waals surface area contributed by atoms with Crippen LogP contribution >= 0.6 is 0 Å². The van der Waals surface area contributed by atoms with Crippen LogP contribution in [0.5, 0.6) is 11.6 Å². The monoisotopic (exact) mass is 423 g/mol. The van der Waals surface area contributed by atoms with Gasteiger partial charge in [-0.1, -0.05) is 30.3 Å². The first-order valence-corrected chi connectivity index (χ1v) is 9.84. The third-order valence-corrected chi connectivity index (χ3v) is 4.09. The molecular weight excluding hydrogens is 394 g/mol. The number of hydrogen-bond donors (Lipinski definition) is 2. The van der Waals surface area contributed by atoms with Gasteiger partial charge in [-0.25, -0.2) is 9.48 Å². The molecule has 3 rings (SSSR count). The second kappa shape index (κ2) is 10.5. The molecular formula is C24H29N3O4. The van der Waals surface area contributed by atoms with Crippen LogP contribution in [-0.2, 0) is 18.4 Å². The summed E-state index contributed by atoms with van der Waals surface area (Å²) in [5.74, 6) is 0.999. The fourth-order valence-corrected chi connectivity index (χ4v) is 2.62. The van der Waals surface area contributed by atoms with Gasteiger partial charge in [0.05, 0.1) is 23.4 Å². The van der Waals surface area contributed by atoms with Gasteiger partial charge >= 0.3 is 5.97 Å². The maximum atomic E-state index is 11.6. The van der Waals surface area contributed by atoms with E-state index in [4.69, 9.17) is 20.0 Å². The number of para-hydroxylation sites is 1. The van der Waals surface area contributed by atoms with Crippen LogP contribution in [0.4, 0.5) is 0 Å². The van der Waals surface area contributed by atoms with E-state index in [-0.39, 0.29) is 12.6 Å². The summed E-state index contributed by atoms with van der Waals surface area (Å²) >= 11 is 0. The van der Waals surface area contributed by atoms with Crippen molar-refractivity contribution in [3.05, 3.63) is 77.0 Å². The van der Waals surface area contributed by atoms with Crippen LogP contribution in [-0.4, -0.2) is 32.7 Å². The Kier molecular flexibility index (Phi) is 8.10. The summed E-state index contributed by atoms with van der Waals surface area (Å²) in [6.07, 6.45) is 1.26. The molecule has 0 spiro atoms. The number of aromatic nitrogens is 2. The average Bonchev–Trinajstić information content (AvgIpc) is 3.00. The quantitative estimate of drug-likeness (QED) is 0.460. The van der Waals surface area contributed by atoms with E-state index in [1.54, 1.807) is 36.0 Å². The maximum Gasteiger partial charge on any atom is 0.338 e. The molecule has 0 unspecified atom stereocenters. The minimum atomic E-state index is -0.479. The van der Waals surface area contributed by atoms with Gasteiger partial charge in [-0.2, -0.15) is 5.10 Å². The molecule has 0 saturated carbocycles. The molecule has 0 aliphatic heterocycles. The summed E-state index contributed by atoms with van der Waals surface area (Å²) in [6.45, 7) is 7.32. The average molecular weight is 424 g/mol. The van der Waals surface area contributed by atoms with Gasteiger partial charge in [0, 0.05) is 13.3 Å². The molecule has 0 saturated heterocycles. The Morgan fingerprint density at radius 3 is 2.26 bits per heavy atom. The Bertz CT molecular complexity index is 1000. The smallest absolute Gasteiger partial charge is 0.338 e. The molecule has 2 aromatic carbocycles. The van der Waals surface area contributed by atoms with Crippen LogP contribution in [0, 0.1) is 12.3 Å². The molecule has 3 aromatic rings. The molecule has 0 atom stereocenters. The number of aliphatic hydroxyl groups excluding tert-OH is 1. The molecule has 7 nitrogen and oxygen atoms in total. The molecule has 0 aliphatic rings. The standard InChI is InChI=1S/C12H13N3O.C12H16O3/c1-9-11(8-13)12(15(2)14-9)16-10-6-4-3-5-7-10;1-12(2,3)15-11(14)10-6-4-9(8-13)5-7-10/h3-8,13H,1-2H3;4-7,13H,8H2,1-3H3. The van der Waals surface area contributed by atoms with Gasteiger partial charge in [-0.05, 0) is 57.5 Å². The van der Waals surface area contributed by atoms with E-state index in [0.29, 0.717) is 17.0 Å². The van der Waals surface area contributed by atoms with Crippen molar-refractivity contribution in [1.29, 1.82) is 5.41 Å². The molecule has 1 heterocycles. The Hall–Kier alpha value is -3.45. The second-order valence-electron chi connectivity index (χ2n) is 7.84. The van der Waals surface area contributed by atoms with Gasteiger partial charge in [-0.15, -0.1) is 0 Å². The van der Waals surface area contributed by atoms with Crippen LogP contribution in [0.15, 0.2) is 54.6 Å². The van der Waals surface area contributed by atoms with E-state index in [1.165, 1.54) is 6.21 Å². The highest BCUT2D eigenvalue weighted by Gasteiger charge is 2.17. The molecule has 0 aliphatic carbocycles. The first-order valence-electron chi connectivity index (χ1n) is 9.84. The number of esters is 1. The number of carbonyl (C=O) groups is 1. The Labute approximate surface area is 182 Å². The SMILES string of the molecule is CC(C)(C)OC(=O)c1ccc(CO)cc1.Cc1nn(C)c(Oc2ccccc2)c1C=N. The van der Waals surface area contributed by atoms with E-state index in [2.05, 4.69) is 5.10 Å². The number of benzene rings is 2. The van der Waals surface area contributed by atoms with Gasteiger partial charge in [0.2, 0.25) is 5.88 Å². The minimum Gasteiger partial charge on any atom is -0.456 e. The van der Waals surface area contributed by atoms with Gasteiger partial charge in [0.15, 0.2) is 0 Å². The fourth-order valence-electron chi connectivity index (χ4n) is 2.62. The van der Waals surface area contributed by atoms with Crippen molar-refractivity contribution in [3.63, 3.8) is 0 Å². The van der Waals surface area contributed by atoms with Crippen molar-refractivity contribution in [3.8, 4) is 11.6 Å². The Balaban J connectivity index is 0.000000221. The van der Waals surface area contributed by atoms with Crippen molar-refractivity contribution < 1.29 is 19.4 Å². The molecule has 0 bridgehead atoms. The van der Waals surface area contributed by atoms with Crippen LogP contribution in [0.2, 0.25) is 0 Å². The lowest BCUT2D eigenvalue weighted by atomic mass is 10.1. The summed E-state index contributed by atoms with van der Waals surface area (Å²) < 4.78 is 12.5. The largest absolute Gasteiger partial charge is 0.456 e. The van der Waals surface area contributed by atoms with Crippen LogP contribution in [0.1, 0.15) is 48.0 Å². The highest BCUT2D eigenvalue weighted by Crippen LogP contribution is 2.25. The van der Waals surface area contributed by atoms with Crippen LogP contribution in [0.25, 0.3) is 0 Å². The predicted octanol–water partition coefficient (Wildman–Crippen LogP) is 4.65. The van der Waals surface area contributed by atoms with Gasteiger partial charge in [0.1, 0.15) is 11.4 Å². The van der Waals surface area contributed by atoms with Crippen LogP contribution in [0.3, 0.4) is 0 Å². The zero-order valence-electron chi connectivity index (χ0n) is 18.5. The van der Waals surface area contributed by atoms with Crippen molar-refractivity contribution in [2.75, 3.05) is 0 Å². The molecule has 1 aromatic heterocycles. The molecule has 7 heteroatoms. The maximum absolute atomic E-state index is 11.6. The molecule has 164 valence electrons. The zero-order valence-corrected chi connectivity index (χ0v) is 18.5. The van der Waals surface area contributed by atoms with Crippen molar-refractivity contribution >= 4 is 12.2 Å². The normalized spacial score (nSPS) is 10.6. The topological polar surface area (TPSA) is 97.4 Å². The van der Waals surface area contributed by atoms with E-state index < -0.39 is 5.60 Å². The van der Waals surface area contributed by atoms with Gasteiger partial charge < -0.3 is 20.0 Å². The predicted molar refractivity (Wildman–Crippen MR) is 120 cm³/mol. The number of nitrogens with zero attached hydrogens (tertiary/aromatic N) is 2. The highest BCUT2D eigenvalue weighted by molar-refractivity contribution is 5.89. The Morgan fingerprint density at radius 1 is 1.13 bits per heavy atom. The van der Waals surface area contributed by atoms with E-state index >= 15 is 0 Å². The number of aliphatic hydroxyl groups is 1. The summed E-state index contributed by atoms with van der Waals surface area (Å²) in [5.41, 5.74) is 2.31. The van der Waals surface area contributed by atoms with Crippen molar-refractivity contribution in [2.45, 2.75) is 39.9 Å². The highest BCUT2D eigenvalue weighted by atomic mass is 16.6. The fraction of sp³-hybridized carbons (Fsp3) is 0.292. The number of nitrogens with one attached hydrogen (secondary N) is 1. The second-order valence-corrected chi connectivity index (χ2v) is 7.84. The summed E-state index contributed by atoms with van der Waals surface area (Å²) in [7, 11) is 1.80. The number of rotatable bonds is 5. The minimum absolute atomic E-state index is 0.0192. The third kappa shape index (κ3) is 7.08. The van der Waals surface area contributed by atoms with Gasteiger partial charge in [-0.3, -0.25) is 0 Å². The van der Waals surface area contributed by atoms with E-state index in [0.717, 1.165) is 17.0 Å². The lowest BCUT2D eigenvalue weighted by Gasteiger charge is -2.19. The summed E-state index contributed by atoms with van der Waals surface area (Å²) in [4.78, 5) is 11.6. The summed E-state index contributed by atoms with van der Waals surface area (Å²) in [6, 6.07) is 16.2. The molecule has 0 fully saturated rings. The van der Waals surface area contributed by atoms with Crippen LogP contribution < -0.4 is 4.74 Å². The van der Waals surface area contributed by atoms with E-state index in [9.17, 15) is 4.79 Å². The molecule has 0 radical (unpaired) electrons. The van der Waals surface area contributed by atoms with Crippen molar-refractivity contribution in [2.24, 2.45) is 7.05 Å². The number of aryl methyl sites for hydroxylation is 2. The zero-order chi connectivity index (χ0) is 23.0. The lowest BCUT2D eigenvalue weighted by Crippen LogP contribution is -2.23. The lowest BCUT2D eigenvalue weighted by molar-refractivity contribution is 0.00694. The number of carbonyl (C=O) groups excluding carboxylic acids is 1. The Morgan fingerprint density at radius 2 is 1.74 bits per heavy atom. The first kappa shape index (κ1) is 23.8. The third-order valence-electron chi connectivity index (χ3n) is 4.09. The molecule has 31 heavy (non-hydrogen) atoms. The number of ether oxygens (including phenoxy) is 2. The molecule has 2 N–H and O–H groups in total. The van der Waals surface area contributed by atoms with Gasteiger partial charge in [0.25, 0.3) is 0 Å². The summed E-state index contributed by atoms with van der Waals surface area (Å²) in [5, 5.41) is 20.4. The van der Waals surface area contributed by atoms with E-state index in [1.807, 2.05) is 58.0 Å². The molecule has 0 amide bonds. The first-order chi connectivity index (χ1) is 14.6. The van der Waals surface area contributed by atoms with Crippen molar-refractivity contribution in [1.82, 2.24) is 9.78 Å².